The lowest BCUT2D eigenvalue weighted by Gasteiger charge is -2.30. The van der Waals surface area contributed by atoms with Gasteiger partial charge in [-0.1, -0.05) is 32.0 Å². The summed E-state index contributed by atoms with van der Waals surface area (Å²) in [6, 6.07) is 12.1. The number of fused-ring (bicyclic) bond motifs is 1. The minimum atomic E-state index is -0.340. The Morgan fingerprint density at radius 3 is 2.83 bits per heavy atom. The molecule has 1 aliphatic rings. The molecule has 1 heterocycles. The summed E-state index contributed by atoms with van der Waals surface area (Å²) in [7, 11) is 0. The van der Waals surface area contributed by atoms with Gasteiger partial charge in [-0.2, -0.15) is 0 Å². The van der Waals surface area contributed by atoms with Crippen LogP contribution in [0.5, 0.6) is 5.75 Å². The molecule has 1 amide bonds. The van der Waals surface area contributed by atoms with Gasteiger partial charge >= 0.3 is 0 Å². The van der Waals surface area contributed by atoms with E-state index in [4.69, 9.17) is 4.74 Å². The maximum atomic E-state index is 14.3. The van der Waals surface area contributed by atoms with Crippen molar-refractivity contribution in [3.63, 3.8) is 0 Å². The number of halogens is 1. The third-order valence-corrected chi connectivity index (χ3v) is 4.08. The van der Waals surface area contributed by atoms with Crippen LogP contribution in [-0.4, -0.2) is 19.1 Å². The van der Waals surface area contributed by atoms with E-state index in [1.54, 1.807) is 29.2 Å². The molecular formula is C20H22FNO2. The van der Waals surface area contributed by atoms with Crippen LogP contribution in [0.15, 0.2) is 42.5 Å². The van der Waals surface area contributed by atoms with Crippen molar-refractivity contribution in [1.82, 2.24) is 0 Å². The molecule has 0 saturated carbocycles. The Labute approximate surface area is 142 Å². The summed E-state index contributed by atoms with van der Waals surface area (Å²) in [6.07, 6.45) is 1.64. The predicted octanol–water partition coefficient (Wildman–Crippen LogP) is 4.45. The number of ether oxygens (including phenoxy) is 1. The van der Waals surface area contributed by atoms with Gasteiger partial charge in [0.05, 0.1) is 12.3 Å². The van der Waals surface area contributed by atoms with Crippen molar-refractivity contribution >= 4 is 11.6 Å². The molecule has 2 aromatic carbocycles. The largest absolute Gasteiger partial charge is 0.493 e. The summed E-state index contributed by atoms with van der Waals surface area (Å²) in [5, 5.41) is 0. The third-order valence-electron chi connectivity index (χ3n) is 4.08. The van der Waals surface area contributed by atoms with Gasteiger partial charge in [0.2, 0.25) is 0 Å². The average molecular weight is 327 g/mol. The lowest BCUT2D eigenvalue weighted by atomic mass is 10.0. The second-order valence-corrected chi connectivity index (χ2v) is 6.54. The number of para-hydroxylation sites is 1. The van der Waals surface area contributed by atoms with Gasteiger partial charge in [-0.3, -0.25) is 4.79 Å². The molecule has 0 spiro atoms. The Balaban J connectivity index is 1.87. The van der Waals surface area contributed by atoms with Crippen LogP contribution in [0.4, 0.5) is 10.1 Å². The number of carbonyl (C=O) groups excluding carboxylic acids is 1. The molecular weight excluding hydrogens is 305 g/mol. The maximum absolute atomic E-state index is 14.3. The highest BCUT2D eigenvalue weighted by atomic mass is 19.1. The van der Waals surface area contributed by atoms with Gasteiger partial charge in [-0.15, -0.1) is 0 Å². The number of amides is 1. The van der Waals surface area contributed by atoms with E-state index < -0.39 is 0 Å². The Kier molecular flexibility index (Phi) is 4.84. The zero-order chi connectivity index (χ0) is 17.1. The highest BCUT2D eigenvalue weighted by Gasteiger charge is 2.26. The smallest absolute Gasteiger partial charge is 0.258 e. The van der Waals surface area contributed by atoms with Crippen molar-refractivity contribution in [3.05, 3.63) is 59.4 Å². The van der Waals surface area contributed by atoms with Crippen molar-refractivity contribution in [2.24, 2.45) is 5.92 Å². The first-order valence-corrected chi connectivity index (χ1v) is 8.38. The van der Waals surface area contributed by atoms with Gasteiger partial charge in [0, 0.05) is 12.1 Å². The van der Waals surface area contributed by atoms with Crippen molar-refractivity contribution in [3.8, 4) is 5.75 Å². The molecule has 0 bridgehead atoms. The lowest BCUT2D eigenvalue weighted by molar-refractivity contribution is 0.0983. The van der Waals surface area contributed by atoms with Crippen LogP contribution in [0, 0.1) is 11.7 Å². The number of hydrogen-bond acceptors (Lipinski definition) is 2. The van der Waals surface area contributed by atoms with Crippen molar-refractivity contribution < 1.29 is 13.9 Å². The Hall–Kier alpha value is -2.36. The van der Waals surface area contributed by atoms with Crippen LogP contribution in [0.2, 0.25) is 0 Å². The fraction of sp³-hybridized carbons (Fsp3) is 0.350. The zero-order valence-corrected chi connectivity index (χ0v) is 14.1. The fourth-order valence-electron chi connectivity index (χ4n) is 2.94. The first kappa shape index (κ1) is 16.5. The lowest BCUT2D eigenvalue weighted by Crippen LogP contribution is -2.36. The quantitative estimate of drug-likeness (QED) is 0.830. The van der Waals surface area contributed by atoms with Gasteiger partial charge in [0.1, 0.15) is 11.6 Å². The molecule has 3 rings (SSSR count). The molecule has 0 aromatic heterocycles. The van der Waals surface area contributed by atoms with Crippen LogP contribution in [0.25, 0.3) is 0 Å². The standard InChI is InChI=1S/C20H22FNO2/c1-14(2)13-24-17-9-3-7-16(12-17)20(23)22-11-5-8-15-6-4-10-18(21)19(15)22/h3-4,6-7,9-10,12,14H,5,8,11,13H2,1-2H3. The zero-order valence-electron chi connectivity index (χ0n) is 14.1. The number of hydrogen-bond donors (Lipinski definition) is 0. The second kappa shape index (κ2) is 7.04. The van der Waals surface area contributed by atoms with E-state index in [2.05, 4.69) is 13.8 Å². The van der Waals surface area contributed by atoms with Gasteiger partial charge in [0.15, 0.2) is 0 Å². The molecule has 0 radical (unpaired) electrons. The molecule has 1 aliphatic heterocycles. The molecule has 0 unspecified atom stereocenters. The SMILES string of the molecule is CC(C)COc1cccc(C(=O)N2CCCc3cccc(F)c32)c1. The number of carbonyl (C=O) groups is 1. The summed E-state index contributed by atoms with van der Waals surface area (Å²) in [4.78, 5) is 14.5. The van der Waals surface area contributed by atoms with E-state index in [0.29, 0.717) is 36.1 Å². The van der Waals surface area contributed by atoms with Crippen LogP contribution >= 0.6 is 0 Å². The summed E-state index contributed by atoms with van der Waals surface area (Å²) in [6.45, 7) is 5.27. The first-order chi connectivity index (χ1) is 11.6. The van der Waals surface area contributed by atoms with Crippen LogP contribution in [0.3, 0.4) is 0 Å². The summed E-state index contributed by atoms with van der Waals surface area (Å²) < 4.78 is 20.0. The van der Waals surface area contributed by atoms with Crippen molar-refractivity contribution in [2.75, 3.05) is 18.1 Å². The molecule has 0 atom stereocenters. The molecule has 24 heavy (non-hydrogen) atoms. The summed E-state index contributed by atoms with van der Waals surface area (Å²) in [5.41, 5.74) is 1.83. The van der Waals surface area contributed by atoms with E-state index in [-0.39, 0.29) is 11.7 Å². The number of aryl methyl sites for hydroxylation is 1. The van der Waals surface area contributed by atoms with E-state index in [0.717, 1.165) is 18.4 Å². The summed E-state index contributed by atoms with van der Waals surface area (Å²) in [5.74, 6) is 0.552. The molecule has 0 aliphatic carbocycles. The van der Waals surface area contributed by atoms with Gasteiger partial charge in [-0.25, -0.2) is 4.39 Å². The molecule has 0 saturated heterocycles. The number of benzene rings is 2. The molecule has 3 nitrogen and oxygen atoms in total. The van der Waals surface area contributed by atoms with Crippen LogP contribution < -0.4 is 9.64 Å². The highest BCUT2D eigenvalue weighted by Crippen LogP contribution is 2.31. The van der Waals surface area contributed by atoms with Crippen LogP contribution in [0.1, 0.15) is 36.2 Å². The Morgan fingerprint density at radius 1 is 1.25 bits per heavy atom. The third kappa shape index (κ3) is 3.42. The number of rotatable bonds is 4. The van der Waals surface area contributed by atoms with Gasteiger partial charge in [-0.05, 0) is 48.6 Å². The summed E-state index contributed by atoms with van der Waals surface area (Å²) >= 11 is 0. The topological polar surface area (TPSA) is 29.5 Å². The number of nitrogens with zero attached hydrogens (tertiary/aromatic N) is 1. The second-order valence-electron chi connectivity index (χ2n) is 6.54. The van der Waals surface area contributed by atoms with E-state index in [9.17, 15) is 9.18 Å². The number of anilines is 1. The normalized spacial score (nSPS) is 13.8. The van der Waals surface area contributed by atoms with Crippen molar-refractivity contribution in [2.45, 2.75) is 26.7 Å². The Bertz CT molecular complexity index is 742. The fourth-order valence-corrected chi connectivity index (χ4v) is 2.94. The average Bonchev–Trinajstić information content (AvgIpc) is 2.59. The highest BCUT2D eigenvalue weighted by molar-refractivity contribution is 6.07. The molecule has 4 heteroatoms. The van der Waals surface area contributed by atoms with E-state index in [1.807, 2.05) is 12.1 Å². The first-order valence-electron chi connectivity index (χ1n) is 8.38. The molecule has 0 N–H and O–H groups in total. The van der Waals surface area contributed by atoms with Crippen molar-refractivity contribution in [1.29, 1.82) is 0 Å². The van der Waals surface area contributed by atoms with E-state index in [1.165, 1.54) is 6.07 Å². The molecule has 126 valence electrons. The minimum Gasteiger partial charge on any atom is -0.493 e. The van der Waals surface area contributed by atoms with Gasteiger partial charge < -0.3 is 9.64 Å². The Morgan fingerprint density at radius 2 is 2.04 bits per heavy atom. The molecule has 2 aromatic rings. The maximum Gasteiger partial charge on any atom is 0.258 e. The van der Waals surface area contributed by atoms with Crippen LogP contribution in [-0.2, 0) is 6.42 Å². The minimum absolute atomic E-state index is 0.184. The molecule has 0 fully saturated rings. The predicted molar refractivity (Wildman–Crippen MR) is 93.2 cm³/mol. The van der Waals surface area contributed by atoms with E-state index >= 15 is 0 Å². The monoisotopic (exact) mass is 327 g/mol. The van der Waals surface area contributed by atoms with Gasteiger partial charge in [0.25, 0.3) is 5.91 Å².